The first-order valence-electron chi connectivity index (χ1n) is 25.2. The van der Waals surface area contributed by atoms with Crippen molar-refractivity contribution in [1.82, 2.24) is 51.0 Å². The lowest BCUT2D eigenvalue weighted by Crippen LogP contribution is -2.62. The Labute approximate surface area is 458 Å². The van der Waals surface area contributed by atoms with Gasteiger partial charge in [-0.3, -0.25) is 19.9 Å². The number of carbonyl (C=O) groups excluding carboxylic acids is 4. The molecule has 5 N–H and O–H groups in total. The molecule has 3 aliphatic heterocycles. The van der Waals surface area contributed by atoms with Crippen molar-refractivity contribution in [2.24, 2.45) is 10.8 Å². The van der Waals surface area contributed by atoms with Crippen molar-refractivity contribution in [3.63, 3.8) is 0 Å². The van der Waals surface area contributed by atoms with Gasteiger partial charge >= 0.3 is 31.1 Å². The van der Waals surface area contributed by atoms with Crippen molar-refractivity contribution in [3.05, 3.63) is 95.1 Å². The third-order valence-electron chi connectivity index (χ3n) is 14.6. The molecule has 29 heteroatoms. The molecule has 0 radical (unpaired) electrons. The predicted octanol–water partition coefficient (Wildman–Crippen LogP) is 6.01. The summed E-state index contributed by atoms with van der Waals surface area (Å²) in [7, 11) is 1.79. The van der Waals surface area contributed by atoms with Crippen LogP contribution in [0.5, 0.6) is 0 Å². The number of nitrogens with zero attached hydrogens (tertiary/aromatic N) is 7. The van der Waals surface area contributed by atoms with Gasteiger partial charge in [-0.25, -0.2) is 38.0 Å². The van der Waals surface area contributed by atoms with Gasteiger partial charge in [0.15, 0.2) is 6.10 Å². The topological polar surface area (TPSA) is 218 Å². The van der Waals surface area contributed by atoms with E-state index in [1.54, 1.807) is 12.4 Å². The smallest absolute Gasteiger partial charge is 0.407 e. The molecule has 6 atom stereocenters. The number of hydrogen-bond donors (Lipinski definition) is 5. The number of piperazine rings is 1. The molecule has 3 fully saturated rings. The quantitative estimate of drug-likeness (QED) is 0.0413. The van der Waals surface area contributed by atoms with Crippen LogP contribution in [0.3, 0.4) is 0 Å². The van der Waals surface area contributed by atoms with Crippen molar-refractivity contribution in [2.45, 2.75) is 115 Å². The predicted molar refractivity (Wildman–Crippen MR) is 267 cm³/mol. The number of alkyl carbamates (subject to hydrolysis) is 2. The van der Waals surface area contributed by atoms with E-state index in [0.717, 1.165) is 65.7 Å². The SMILES string of the molecule is CNC(=O)O[C@H](C(=O)NN(Cc1c(F)cc(-c2cnn(C(F)F)c2)cc1F)C[C@H](O)[C@H](Cc1ccc(C#Cc2cnc(N3C[C@@H]4CC[C@@H](C3)N4C3COC3)nc2)cc1)NC(=O)[C@@H](NC(=O)OC)C(C)(C)C(F)(F)F)C(C)(C)C(F)(F)F. The van der Waals surface area contributed by atoms with Gasteiger partial charge in [0.25, 0.3) is 5.91 Å². The Bertz CT molecular complexity index is 2910. The van der Waals surface area contributed by atoms with Crippen LogP contribution in [-0.4, -0.2) is 161 Å². The zero-order valence-corrected chi connectivity index (χ0v) is 44.5. The van der Waals surface area contributed by atoms with E-state index in [1.807, 2.05) is 16.1 Å². The maximum atomic E-state index is 16.0. The molecule has 7 rings (SSSR count). The van der Waals surface area contributed by atoms with Crippen LogP contribution in [0.25, 0.3) is 11.1 Å². The van der Waals surface area contributed by atoms with E-state index >= 15 is 8.78 Å². The van der Waals surface area contributed by atoms with Gasteiger partial charge in [0.1, 0.15) is 23.1 Å². The van der Waals surface area contributed by atoms with Gasteiger partial charge in [-0.15, -0.1) is 0 Å². The average molecular weight is 1160 g/mol. The first-order chi connectivity index (χ1) is 38.0. The van der Waals surface area contributed by atoms with Crippen molar-refractivity contribution in [3.8, 4) is 23.0 Å². The number of nitrogens with one attached hydrogen (secondary N) is 4. The van der Waals surface area contributed by atoms with E-state index in [1.165, 1.54) is 24.3 Å². The first kappa shape index (κ1) is 61.3. The van der Waals surface area contributed by atoms with E-state index in [4.69, 9.17) is 9.47 Å². The maximum absolute atomic E-state index is 16.0. The molecular formula is C52H59F10N11O8. The minimum Gasteiger partial charge on any atom is -0.453 e. The number of rotatable bonds is 19. The number of carbonyl (C=O) groups is 4. The Morgan fingerprint density at radius 1 is 0.815 bits per heavy atom. The van der Waals surface area contributed by atoms with Gasteiger partial charge in [-0.1, -0.05) is 24.0 Å². The molecular weight excluding hydrogens is 1100 g/mol. The number of fused-ring (bicyclic) bond motifs is 2. The molecule has 0 aliphatic carbocycles. The summed E-state index contributed by atoms with van der Waals surface area (Å²) >= 11 is 0. The summed E-state index contributed by atoms with van der Waals surface area (Å²) in [6, 6.07) is 4.28. The van der Waals surface area contributed by atoms with Gasteiger partial charge < -0.3 is 40.2 Å². The lowest BCUT2D eigenvalue weighted by atomic mass is 9.82. The second kappa shape index (κ2) is 24.8. The summed E-state index contributed by atoms with van der Waals surface area (Å²) in [6.45, 7) is -0.230. The maximum Gasteiger partial charge on any atom is 0.407 e. The molecule has 4 aromatic rings. The van der Waals surface area contributed by atoms with Gasteiger partial charge in [0.05, 0.1) is 55.7 Å². The molecule has 19 nitrogen and oxygen atoms in total. The fourth-order valence-electron chi connectivity index (χ4n) is 9.49. The summed E-state index contributed by atoms with van der Waals surface area (Å²) in [5.74, 6) is 0.356. The van der Waals surface area contributed by atoms with Gasteiger partial charge in [0.2, 0.25) is 11.9 Å². The number of alkyl halides is 8. The number of methoxy groups -OCH3 is 1. The minimum atomic E-state index is -5.27. The number of amides is 4. The van der Waals surface area contributed by atoms with Crippen molar-refractivity contribution in [1.29, 1.82) is 0 Å². The van der Waals surface area contributed by atoms with Crippen LogP contribution in [0.2, 0.25) is 0 Å². The van der Waals surface area contributed by atoms with E-state index in [2.05, 4.69) is 46.8 Å². The van der Waals surface area contributed by atoms with E-state index in [0.29, 0.717) is 80.0 Å². The molecule has 2 aromatic carbocycles. The highest BCUT2D eigenvalue weighted by molar-refractivity contribution is 5.87. The molecule has 3 aliphatic rings. The van der Waals surface area contributed by atoms with Crippen LogP contribution in [-0.2, 0) is 36.8 Å². The molecule has 5 heterocycles. The third kappa shape index (κ3) is 14.3. The highest BCUT2D eigenvalue weighted by Crippen LogP contribution is 2.43. The molecule has 0 spiro atoms. The van der Waals surface area contributed by atoms with E-state index in [-0.39, 0.29) is 21.4 Å². The fraction of sp³-hybridized carbons (Fsp3) is 0.519. The van der Waals surface area contributed by atoms with Gasteiger partial charge in [-0.05, 0) is 82.3 Å². The van der Waals surface area contributed by atoms with Crippen molar-refractivity contribution in [2.75, 3.05) is 51.9 Å². The van der Waals surface area contributed by atoms with Crippen LogP contribution in [0.4, 0.5) is 59.4 Å². The van der Waals surface area contributed by atoms with Gasteiger partial charge in [0, 0.05) is 80.6 Å². The monoisotopic (exact) mass is 1160 g/mol. The van der Waals surface area contributed by atoms with E-state index < -0.39 is 115 Å². The van der Waals surface area contributed by atoms with Crippen LogP contribution in [0.15, 0.2) is 61.2 Å². The Balaban J connectivity index is 1.18. The molecule has 81 heavy (non-hydrogen) atoms. The molecule has 0 unspecified atom stereocenters. The van der Waals surface area contributed by atoms with E-state index in [9.17, 15) is 59.4 Å². The number of hydrazine groups is 1. The number of aliphatic hydroxyl groups excluding tert-OH is 1. The minimum absolute atomic E-state index is 0.178. The molecule has 440 valence electrons. The average Bonchev–Trinajstić information content (AvgIpc) is 4.01. The molecule has 3 saturated heterocycles. The number of aliphatic hydroxyl groups is 1. The van der Waals surface area contributed by atoms with Crippen LogP contribution in [0.1, 0.15) is 69.3 Å². The summed E-state index contributed by atoms with van der Waals surface area (Å²) < 4.78 is 161. The molecule has 2 bridgehead atoms. The number of ether oxygens (including phenoxy) is 3. The standard InChI is InChI=1S/C52H59F10N11O8/c1-49(2,51(57,58)59)41(68-48(78)79-6)43(75)67-39(15-29-10-7-28(8-11-29)9-12-30-18-64-46(65-19-30)70-22-33-13-14-34(23-70)73(33)35-26-80-27-35)40(74)25-71(69-44(76)42(81-47(77)63-5)50(3,4)52(60,61)62)24-36-37(53)16-31(17-38(36)54)32-20-66-72(21-32)45(55)56/h7-8,10-11,16-21,33-35,39-42,45,74H,13-15,22-27H2,1-6H3,(H,63,77)(H,67,75)(H,68,78)(H,69,76)/t33-,34-,39-,40-,41+,42+/m0/s1. The lowest BCUT2D eigenvalue weighted by molar-refractivity contribution is -0.239. The number of anilines is 1. The normalized spacial score (nSPS) is 18.5. The van der Waals surface area contributed by atoms with Crippen LogP contribution < -0.4 is 26.3 Å². The summed E-state index contributed by atoms with van der Waals surface area (Å²) in [5.41, 5.74) is -4.51. The lowest BCUT2D eigenvalue weighted by Gasteiger charge is -2.47. The molecule has 2 aromatic heterocycles. The highest BCUT2D eigenvalue weighted by atomic mass is 19.4. The number of hydrogen-bond acceptors (Lipinski definition) is 14. The molecule has 4 amide bonds. The highest BCUT2D eigenvalue weighted by Gasteiger charge is 2.58. The summed E-state index contributed by atoms with van der Waals surface area (Å²) in [6.07, 6.45) is -11.9. The Morgan fingerprint density at radius 2 is 1.41 bits per heavy atom. The summed E-state index contributed by atoms with van der Waals surface area (Å²) in [4.78, 5) is 66.7. The Kier molecular flexibility index (Phi) is 18.8. The number of aromatic nitrogens is 4. The zero-order chi connectivity index (χ0) is 59.4. The summed E-state index contributed by atoms with van der Waals surface area (Å²) in [5, 5.41) is 22.0. The fourth-order valence-corrected chi connectivity index (χ4v) is 9.49. The zero-order valence-electron chi connectivity index (χ0n) is 44.5. The second-order valence-corrected chi connectivity index (χ2v) is 20.8. The number of benzene rings is 2. The van der Waals surface area contributed by atoms with Crippen LogP contribution >= 0.6 is 0 Å². The third-order valence-corrected chi connectivity index (χ3v) is 14.6. The number of halogens is 10. The molecule has 0 saturated carbocycles. The largest absolute Gasteiger partial charge is 0.453 e. The Morgan fingerprint density at radius 3 is 1.93 bits per heavy atom. The first-order valence-corrected chi connectivity index (χ1v) is 25.2. The van der Waals surface area contributed by atoms with Gasteiger partial charge in [-0.2, -0.15) is 40.2 Å². The van der Waals surface area contributed by atoms with Crippen LogP contribution in [0, 0.1) is 34.3 Å². The van der Waals surface area contributed by atoms with Crippen molar-refractivity contribution >= 4 is 29.9 Å². The van der Waals surface area contributed by atoms with Crippen molar-refractivity contribution < 1.29 is 82.4 Å². The Hall–Kier alpha value is -7.29. The second-order valence-electron chi connectivity index (χ2n) is 20.8.